The van der Waals surface area contributed by atoms with Crippen LogP contribution in [-0.2, 0) is 11.3 Å². The highest BCUT2D eigenvalue weighted by atomic mass is 79.9. The maximum atomic E-state index is 12.1. The predicted molar refractivity (Wildman–Crippen MR) is 85.7 cm³/mol. The standard InChI is InChI=1S/C16H16BrNO3/c1-18(14-10-6-9-13(17)15(14)20-2)16(19)21-11-12-7-4-3-5-8-12/h3-10H,11H2,1-2H3. The highest BCUT2D eigenvalue weighted by molar-refractivity contribution is 9.10. The van der Waals surface area contributed by atoms with Gasteiger partial charge >= 0.3 is 6.09 Å². The van der Waals surface area contributed by atoms with E-state index in [1.165, 1.54) is 4.90 Å². The molecule has 0 aliphatic carbocycles. The second-order valence-electron chi connectivity index (χ2n) is 4.39. The third-order valence-electron chi connectivity index (χ3n) is 2.99. The van der Waals surface area contributed by atoms with Crippen LogP contribution in [0.3, 0.4) is 0 Å². The molecule has 4 nitrogen and oxygen atoms in total. The van der Waals surface area contributed by atoms with Gasteiger partial charge in [-0.2, -0.15) is 0 Å². The number of anilines is 1. The molecule has 0 radical (unpaired) electrons. The first kappa shape index (κ1) is 15.4. The molecule has 2 rings (SSSR count). The van der Waals surface area contributed by atoms with Crippen molar-refractivity contribution in [2.75, 3.05) is 19.1 Å². The molecule has 0 N–H and O–H groups in total. The molecule has 0 aliphatic heterocycles. The highest BCUT2D eigenvalue weighted by Crippen LogP contribution is 2.35. The lowest BCUT2D eigenvalue weighted by molar-refractivity contribution is 0.148. The van der Waals surface area contributed by atoms with Gasteiger partial charge in [0.2, 0.25) is 0 Å². The number of para-hydroxylation sites is 1. The van der Waals surface area contributed by atoms with Gasteiger partial charge in [0, 0.05) is 7.05 Å². The maximum Gasteiger partial charge on any atom is 0.414 e. The molecule has 0 unspecified atom stereocenters. The zero-order chi connectivity index (χ0) is 15.2. The van der Waals surface area contributed by atoms with Crippen molar-refractivity contribution in [3.8, 4) is 5.75 Å². The predicted octanol–water partition coefficient (Wildman–Crippen LogP) is 4.23. The van der Waals surface area contributed by atoms with Gasteiger partial charge in [0.15, 0.2) is 5.75 Å². The Morgan fingerprint density at radius 2 is 1.86 bits per heavy atom. The Hall–Kier alpha value is -2.01. The number of benzene rings is 2. The molecule has 21 heavy (non-hydrogen) atoms. The van der Waals surface area contributed by atoms with Crippen molar-refractivity contribution in [3.05, 3.63) is 58.6 Å². The average Bonchev–Trinajstić information content (AvgIpc) is 2.52. The zero-order valence-electron chi connectivity index (χ0n) is 11.9. The minimum atomic E-state index is -0.435. The summed E-state index contributed by atoms with van der Waals surface area (Å²) in [6, 6.07) is 15.0. The van der Waals surface area contributed by atoms with Gasteiger partial charge in [-0.1, -0.05) is 36.4 Å². The molecule has 0 aliphatic rings. The van der Waals surface area contributed by atoms with E-state index in [2.05, 4.69) is 15.9 Å². The molecule has 0 bridgehead atoms. The van der Waals surface area contributed by atoms with Gasteiger partial charge in [0.1, 0.15) is 6.61 Å². The van der Waals surface area contributed by atoms with Gasteiger partial charge in [0.25, 0.3) is 0 Å². The van der Waals surface area contributed by atoms with Gasteiger partial charge in [-0.05, 0) is 33.6 Å². The van der Waals surface area contributed by atoms with Crippen molar-refractivity contribution in [2.45, 2.75) is 6.61 Å². The van der Waals surface area contributed by atoms with Gasteiger partial charge in [-0.15, -0.1) is 0 Å². The SMILES string of the molecule is COc1c(Br)cccc1N(C)C(=O)OCc1ccccc1. The molecule has 110 valence electrons. The van der Waals surface area contributed by atoms with Crippen molar-refractivity contribution in [1.29, 1.82) is 0 Å². The van der Waals surface area contributed by atoms with Crippen LogP contribution in [0.15, 0.2) is 53.0 Å². The Morgan fingerprint density at radius 1 is 1.14 bits per heavy atom. The van der Waals surface area contributed by atoms with Crippen molar-refractivity contribution in [2.24, 2.45) is 0 Å². The average molecular weight is 350 g/mol. The summed E-state index contributed by atoms with van der Waals surface area (Å²) in [5.74, 6) is 0.594. The highest BCUT2D eigenvalue weighted by Gasteiger charge is 2.18. The van der Waals surface area contributed by atoms with E-state index < -0.39 is 6.09 Å². The first-order valence-electron chi connectivity index (χ1n) is 6.40. The number of methoxy groups -OCH3 is 1. The fraction of sp³-hybridized carbons (Fsp3) is 0.188. The lowest BCUT2D eigenvalue weighted by Gasteiger charge is -2.20. The maximum absolute atomic E-state index is 12.1. The Bertz CT molecular complexity index is 616. The van der Waals surface area contributed by atoms with E-state index in [0.29, 0.717) is 11.4 Å². The van der Waals surface area contributed by atoms with Crippen LogP contribution < -0.4 is 9.64 Å². The quantitative estimate of drug-likeness (QED) is 0.828. The lowest BCUT2D eigenvalue weighted by Crippen LogP contribution is -2.27. The van der Waals surface area contributed by atoms with Crippen molar-refractivity contribution in [1.82, 2.24) is 0 Å². The van der Waals surface area contributed by atoms with Crippen LogP contribution in [0.5, 0.6) is 5.75 Å². The van der Waals surface area contributed by atoms with E-state index in [4.69, 9.17) is 9.47 Å². The molecular weight excluding hydrogens is 334 g/mol. The minimum absolute atomic E-state index is 0.236. The Balaban J connectivity index is 2.07. The van der Waals surface area contributed by atoms with E-state index in [0.717, 1.165) is 10.0 Å². The third kappa shape index (κ3) is 3.76. The smallest absolute Gasteiger partial charge is 0.414 e. The number of hydrogen-bond donors (Lipinski definition) is 0. The first-order chi connectivity index (χ1) is 10.1. The molecule has 0 fully saturated rings. The van der Waals surface area contributed by atoms with Crippen molar-refractivity contribution >= 4 is 27.7 Å². The summed E-state index contributed by atoms with van der Waals surface area (Å²) in [7, 11) is 3.21. The number of carbonyl (C=O) groups excluding carboxylic acids is 1. The topological polar surface area (TPSA) is 38.8 Å². The van der Waals surface area contributed by atoms with E-state index in [1.54, 1.807) is 20.2 Å². The monoisotopic (exact) mass is 349 g/mol. The molecule has 0 heterocycles. The number of amides is 1. The number of ether oxygens (including phenoxy) is 2. The van der Waals surface area contributed by atoms with Gasteiger partial charge in [0.05, 0.1) is 17.3 Å². The Morgan fingerprint density at radius 3 is 2.52 bits per heavy atom. The van der Waals surface area contributed by atoms with Crippen LogP contribution in [0.4, 0.5) is 10.5 Å². The minimum Gasteiger partial charge on any atom is -0.493 e. The zero-order valence-corrected chi connectivity index (χ0v) is 13.5. The van der Waals surface area contributed by atoms with Gasteiger partial charge < -0.3 is 9.47 Å². The normalized spacial score (nSPS) is 10.0. The lowest BCUT2D eigenvalue weighted by atomic mass is 10.2. The molecule has 0 saturated carbocycles. The summed E-state index contributed by atoms with van der Waals surface area (Å²) >= 11 is 3.40. The molecule has 0 saturated heterocycles. The van der Waals surface area contributed by atoms with Crippen molar-refractivity contribution in [3.63, 3.8) is 0 Å². The summed E-state index contributed by atoms with van der Waals surface area (Å²) in [6.07, 6.45) is -0.435. The fourth-order valence-corrected chi connectivity index (χ4v) is 2.40. The van der Waals surface area contributed by atoms with Crippen LogP contribution in [-0.4, -0.2) is 20.3 Å². The number of hydrogen-bond acceptors (Lipinski definition) is 3. The Labute approximate surface area is 132 Å². The summed E-state index contributed by atoms with van der Waals surface area (Å²) in [4.78, 5) is 13.6. The molecule has 0 aromatic heterocycles. The van der Waals surface area contributed by atoms with E-state index in [1.807, 2.05) is 42.5 Å². The summed E-state index contributed by atoms with van der Waals surface area (Å²) in [5, 5.41) is 0. The van der Waals surface area contributed by atoms with Crippen LogP contribution in [0.2, 0.25) is 0 Å². The molecule has 1 amide bonds. The number of halogens is 1. The number of carbonyl (C=O) groups is 1. The molecule has 0 spiro atoms. The van der Waals surface area contributed by atoms with Crippen LogP contribution in [0.25, 0.3) is 0 Å². The summed E-state index contributed by atoms with van der Waals surface area (Å²) < 4.78 is 11.4. The second-order valence-corrected chi connectivity index (χ2v) is 5.25. The first-order valence-corrected chi connectivity index (χ1v) is 7.19. The summed E-state index contributed by atoms with van der Waals surface area (Å²) in [6.45, 7) is 0.236. The van der Waals surface area contributed by atoms with E-state index in [9.17, 15) is 4.79 Å². The number of nitrogens with zero attached hydrogens (tertiary/aromatic N) is 1. The van der Waals surface area contributed by atoms with E-state index >= 15 is 0 Å². The summed E-state index contributed by atoms with van der Waals surface area (Å²) in [5.41, 5.74) is 1.59. The number of rotatable bonds is 4. The molecule has 0 atom stereocenters. The van der Waals surface area contributed by atoms with Crippen molar-refractivity contribution < 1.29 is 14.3 Å². The fourth-order valence-electron chi connectivity index (χ4n) is 1.88. The van der Waals surface area contributed by atoms with Crippen LogP contribution in [0, 0.1) is 0 Å². The molecular formula is C16H16BrNO3. The van der Waals surface area contributed by atoms with Crippen LogP contribution >= 0.6 is 15.9 Å². The van der Waals surface area contributed by atoms with Crippen LogP contribution in [0.1, 0.15) is 5.56 Å². The van der Waals surface area contributed by atoms with Gasteiger partial charge in [-0.3, -0.25) is 4.90 Å². The Kier molecular flexibility index (Phi) is 5.22. The molecule has 2 aromatic rings. The van der Waals surface area contributed by atoms with E-state index in [-0.39, 0.29) is 6.61 Å². The molecule has 5 heteroatoms. The molecule has 2 aromatic carbocycles. The largest absolute Gasteiger partial charge is 0.493 e. The second kappa shape index (κ2) is 7.13. The third-order valence-corrected chi connectivity index (χ3v) is 3.62. The van der Waals surface area contributed by atoms with Gasteiger partial charge in [-0.25, -0.2) is 4.79 Å².